The number of carbonyl (C=O) groups excluding carboxylic acids is 1. The van der Waals surface area contributed by atoms with Crippen molar-refractivity contribution in [2.24, 2.45) is 0 Å². The van der Waals surface area contributed by atoms with Crippen molar-refractivity contribution in [2.75, 3.05) is 10.6 Å². The predicted molar refractivity (Wildman–Crippen MR) is 106 cm³/mol. The van der Waals surface area contributed by atoms with E-state index in [0.29, 0.717) is 17.1 Å². The summed E-state index contributed by atoms with van der Waals surface area (Å²) < 4.78 is 15.3. The lowest BCUT2D eigenvalue weighted by atomic mass is 10.2. The van der Waals surface area contributed by atoms with Crippen LogP contribution in [0.3, 0.4) is 0 Å². The average molecular weight is 389 g/mol. The van der Waals surface area contributed by atoms with E-state index in [1.165, 1.54) is 17.1 Å². The monoisotopic (exact) mass is 389 g/mol. The van der Waals surface area contributed by atoms with Crippen LogP contribution in [0.1, 0.15) is 16.2 Å². The molecular weight excluding hydrogens is 373 g/mol. The maximum atomic E-state index is 13.9. The van der Waals surface area contributed by atoms with Gasteiger partial charge in [0, 0.05) is 18.0 Å². The number of nitrogens with one attached hydrogen (secondary N) is 2. The quantitative estimate of drug-likeness (QED) is 0.542. The Morgan fingerprint density at radius 2 is 1.86 bits per heavy atom. The van der Waals surface area contributed by atoms with Crippen molar-refractivity contribution in [3.63, 3.8) is 0 Å². The third-order valence-corrected chi connectivity index (χ3v) is 4.02. The van der Waals surface area contributed by atoms with E-state index in [1.54, 1.807) is 61.9 Å². The number of hydrogen-bond acceptors (Lipinski definition) is 6. The number of amides is 1. The SMILES string of the molecule is Cc1ccc(Nc2cncnc2)c(C(=O)Nc2ccn(-c3ccccc3F)n2)n1. The Bertz CT molecular complexity index is 1160. The lowest BCUT2D eigenvalue weighted by Gasteiger charge is -2.11. The normalized spacial score (nSPS) is 10.6. The number of aryl methyl sites for hydroxylation is 1. The van der Waals surface area contributed by atoms with E-state index in [4.69, 9.17) is 0 Å². The number of pyridine rings is 1. The highest BCUT2D eigenvalue weighted by Gasteiger charge is 2.16. The first kappa shape index (κ1) is 18.2. The summed E-state index contributed by atoms with van der Waals surface area (Å²) in [5.74, 6) is -0.590. The van der Waals surface area contributed by atoms with Gasteiger partial charge in [-0.25, -0.2) is 24.0 Å². The Hall–Kier alpha value is -4.14. The molecule has 0 radical (unpaired) electrons. The molecule has 29 heavy (non-hydrogen) atoms. The number of carbonyl (C=O) groups is 1. The third kappa shape index (κ3) is 4.08. The van der Waals surface area contributed by atoms with Gasteiger partial charge >= 0.3 is 0 Å². The fourth-order valence-electron chi connectivity index (χ4n) is 2.69. The van der Waals surface area contributed by atoms with Crippen LogP contribution in [0.25, 0.3) is 5.69 Å². The van der Waals surface area contributed by atoms with Gasteiger partial charge in [-0.05, 0) is 31.2 Å². The first-order valence-corrected chi connectivity index (χ1v) is 8.72. The molecule has 144 valence electrons. The van der Waals surface area contributed by atoms with E-state index in [0.717, 1.165) is 0 Å². The fraction of sp³-hybridized carbons (Fsp3) is 0.0500. The molecule has 0 aliphatic carbocycles. The third-order valence-electron chi connectivity index (χ3n) is 4.02. The number of nitrogens with zero attached hydrogens (tertiary/aromatic N) is 5. The van der Waals surface area contributed by atoms with Crippen LogP contribution in [-0.2, 0) is 0 Å². The highest BCUT2D eigenvalue weighted by Crippen LogP contribution is 2.21. The number of para-hydroxylation sites is 1. The molecule has 0 fully saturated rings. The first-order chi connectivity index (χ1) is 14.1. The van der Waals surface area contributed by atoms with Crippen LogP contribution in [0, 0.1) is 12.7 Å². The van der Waals surface area contributed by atoms with Gasteiger partial charge in [0.25, 0.3) is 5.91 Å². The molecule has 3 heterocycles. The minimum atomic E-state index is -0.452. The summed E-state index contributed by atoms with van der Waals surface area (Å²) in [6.07, 6.45) is 6.16. The first-order valence-electron chi connectivity index (χ1n) is 8.72. The molecule has 0 saturated carbocycles. The number of anilines is 3. The van der Waals surface area contributed by atoms with Crippen molar-refractivity contribution in [1.29, 1.82) is 0 Å². The Morgan fingerprint density at radius 1 is 1.07 bits per heavy atom. The van der Waals surface area contributed by atoms with Crippen LogP contribution in [0.15, 0.2) is 67.4 Å². The summed E-state index contributed by atoms with van der Waals surface area (Å²) in [5.41, 5.74) is 2.27. The van der Waals surface area contributed by atoms with Gasteiger partial charge in [-0.2, -0.15) is 0 Å². The molecule has 0 aliphatic heterocycles. The maximum absolute atomic E-state index is 13.9. The molecule has 4 aromatic rings. The van der Waals surface area contributed by atoms with Gasteiger partial charge in [0.05, 0.1) is 23.8 Å². The van der Waals surface area contributed by atoms with E-state index in [-0.39, 0.29) is 17.2 Å². The summed E-state index contributed by atoms with van der Waals surface area (Å²) in [6, 6.07) is 11.4. The molecule has 1 aromatic carbocycles. The van der Waals surface area contributed by atoms with Gasteiger partial charge in [0.15, 0.2) is 11.5 Å². The van der Waals surface area contributed by atoms with Crippen molar-refractivity contribution >= 4 is 23.1 Å². The molecule has 0 bridgehead atoms. The van der Waals surface area contributed by atoms with Crippen molar-refractivity contribution < 1.29 is 9.18 Å². The highest BCUT2D eigenvalue weighted by molar-refractivity contribution is 6.06. The van der Waals surface area contributed by atoms with Gasteiger partial charge in [0.2, 0.25) is 0 Å². The summed E-state index contributed by atoms with van der Waals surface area (Å²) in [4.78, 5) is 25.0. The molecule has 0 aliphatic rings. The summed E-state index contributed by atoms with van der Waals surface area (Å²) in [6.45, 7) is 1.79. The number of halogens is 1. The molecule has 4 rings (SSSR count). The fourth-order valence-corrected chi connectivity index (χ4v) is 2.69. The van der Waals surface area contributed by atoms with E-state index < -0.39 is 11.7 Å². The van der Waals surface area contributed by atoms with Crippen LogP contribution in [0.2, 0.25) is 0 Å². The topological polar surface area (TPSA) is 97.6 Å². The molecule has 3 aromatic heterocycles. The molecule has 2 N–H and O–H groups in total. The zero-order chi connectivity index (χ0) is 20.2. The second-order valence-corrected chi connectivity index (χ2v) is 6.15. The van der Waals surface area contributed by atoms with Crippen LogP contribution < -0.4 is 10.6 Å². The standard InChI is InChI=1S/C20H16FN7O/c1-13-6-7-16(25-14-10-22-12-23-11-14)19(24-13)20(29)26-18-8-9-28(27-18)17-5-3-2-4-15(17)21/h2-12,25H,1H3,(H,26,27,29). The lowest BCUT2D eigenvalue weighted by Crippen LogP contribution is -2.17. The number of benzene rings is 1. The molecule has 0 unspecified atom stereocenters. The lowest BCUT2D eigenvalue weighted by molar-refractivity contribution is 0.102. The molecule has 0 saturated heterocycles. The molecule has 0 atom stereocenters. The number of hydrogen-bond donors (Lipinski definition) is 2. The molecule has 0 spiro atoms. The van der Waals surface area contributed by atoms with Crippen LogP contribution in [0.5, 0.6) is 0 Å². The van der Waals surface area contributed by atoms with E-state index in [9.17, 15) is 9.18 Å². The van der Waals surface area contributed by atoms with Gasteiger partial charge in [0.1, 0.15) is 17.8 Å². The molecule has 9 heteroatoms. The average Bonchev–Trinajstić information content (AvgIpc) is 3.18. The zero-order valence-corrected chi connectivity index (χ0v) is 15.4. The smallest absolute Gasteiger partial charge is 0.277 e. The summed E-state index contributed by atoms with van der Waals surface area (Å²) >= 11 is 0. The van der Waals surface area contributed by atoms with Crippen LogP contribution in [-0.4, -0.2) is 30.6 Å². The van der Waals surface area contributed by atoms with Crippen LogP contribution in [0.4, 0.5) is 21.6 Å². The minimum Gasteiger partial charge on any atom is -0.351 e. The van der Waals surface area contributed by atoms with E-state index in [2.05, 4.69) is 30.7 Å². The van der Waals surface area contributed by atoms with Crippen LogP contribution >= 0.6 is 0 Å². The number of rotatable bonds is 5. The summed E-state index contributed by atoms with van der Waals surface area (Å²) in [5, 5.41) is 9.99. The second kappa shape index (κ2) is 7.85. The predicted octanol–water partition coefficient (Wildman–Crippen LogP) is 3.50. The molecule has 1 amide bonds. The van der Waals surface area contributed by atoms with E-state index in [1.807, 2.05) is 0 Å². The van der Waals surface area contributed by atoms with Crippen molar-refractivity contribution in [3.05, 3.63) is 84.6 Å². The van der Waals surface area contributed by atoms with Gasteiger partial charge in [-0.15, -0.1) is 5.10 Å². The Morgan fingerprint density at radius 3 is 2.66 bits per heavy atom. The second-order valence-electron chi connectivity index (χ2n) is 6.15. The van der Waals surface area contributed by atoms with Gasteiger partial charge < -0.3 is 10.6 Å². The maximum Gasteiger partial charge on any atom is 0.277 e. The van der Waals surface area contributed by atoms with Gasteiger partial charge in [-0.1, -0.05) is 12.1 Å². The Kier molecular flexibility index (Phi) is 4.93. The van der Waals surface area contributed by atoms with Gasteiger partial charge in [-0.3, -0.25) is 4.79 Å². The highest BCUT2D eigenvalue weighted by atomic mass is 19.1. The minimum absolute atomic E-state index is 0.189. The largest absolute Gasteiger partial charge is 0.351 e. The van der Waals surface area contributed by atoms with Crippen molar-refractivity contribution in [2.45, 2.75) is 6.92 Å². The van der Waals surface area contributed by atoms with E-state index >= 15 is 0 Å². The number of aromatic nitrogens is 5. The Labute approximate surface area is 165 Å². The molecular formula is C20H16FN7O. The van der Waals surface area contributed by atoms with Crippen molar-refractivity contribution in [1.82, 2.24) is 24.7 Å². The zero-order valence-electron chi connectivity index (χ0n) is 15.4. The van der Waals surface area contributed by atoms with Crippen molar-refractivity contribution in [3.8, 4) is 5.69 Å². The Balaban J connectivity index is 1.58. The summed E-state index contributed by atoms with van der Waals surface area (Å²) in [7, 11) is 0. The molecule has 8 nitrogen and oxygen atoms in total.